The summed E-state index contributed by atoms with van der Waals surface area (Å²) in [5.41, 5.74) is 2.07. The highest BCUT2D eigenvalue weighted by molar-refractivity contribution is 6.30. The Hall–Kier alpha value is -2.57. The highest BCUT2D eigenvalue weighted by Crippen LogP contribution is 2.20. The first-order chi connectivity index (χ1) is 9.60. The molecule has 0 aromatic heterocycles. The Morgan fingerprint density at radius 2 is 1.60 bits per heavy atom. The Morgan fingerprint density at radius 1 is 1.05 bits per heavy atom. The summed E-state index contributed by atoms with van der Waals surface area (Å²) in [6, 6.07) is 15.2. The first-order valence-electron chi connectivity index (χ1n) is 5.79. The number of rotatable bonds is 3. The second-order valence-electron chi connectivity index (χ2n) is 4.09. The maximum Gasteiger partial charge on any atom is 0.0998 e. The number of carboxylic acids is 1. The molecule has 2 aromatic rings. The number of benzene rings is 2. The van der Waals surface area contributed by atoms with E-state index in [2.05, 4.69) is 6.07 Å². The molecule has 0 bridgehead atoms. The van der Waals surface area contributed by atoms with Gasteiger partial charge in [0.15, 0.2) is 0 Å². The predicted molar refractivity (Wildman–Crippen MR) is 75.7 cm³/mol. The van der Waals surface area contributed by atoms with E-state index in [1.54, 1.807) is 42.5 Å². The fourth-order valence-electron chi connectivity index (χ4n) is 1.69. The third-order valence-corrected chi connectivity index (χ3v) is 2.99. The van der Waals surface area contributed by atoms with Crippen molar-refractivity contribution < 1.29 is 9.90 Å². The molecule has 2 rings (SSSR count). The van der Waals surface area contributed by atoms with Gasteiger partial charge in [0.2, 0.25) is 0 Å². The molecule has 0 aliphatic rings. The van der Waals surface area contributed by atoms with Crippen LogP contribution in [0.15, 0.2) is 48.5 Å². The molecule has 0 amide bonds. The second kappa shape index (κ2) is 6.05. The van der Waals surface area contributed by atoms with Gasteiger partial charge in [0, 0.05) is 5.02 Å². The third kappa shape index (κ3) is 3.25. The number of carbonyl (C=O) groups excluding carboxylic acids is 1. The molecule has 0 radical (unpaired) electrons. The monoisotopic (exact) mass is 282 g/mol. The Labute approximate surface area is 121 Å². The first-order valence-corrected chi connectivity index (χ1v) is 6.17. The van der Waals surface area contributed by atoms with Gasteiger partial charge in [-0.2, -0.15) is 5.26 Å². The standard InChI is InChI=1S/C16H10ClNO2/c17-15-7-5-12(6-8-15)14(10-18)9-11-1-3-13(4-2-11)16(19)20/h1-9H,(H,19,20)/p-1/b14-9+. The minimum absolute atomic E-state index is 0.104. The van der Waals surface area contributed by atoms with Gasteiger partial charge >= 0.3 is 0 Å². The van der Waals surface area contributed by atoms with Crippen LogP contribution in [0.4, 0.5) is 0 Å². The average Bonchev–Trinajstić information content (AvgIpc) is 2.46. The van der Waals surface area contributed by atoms with Gasteiger partial charge in [-0.3, -0.25) is 0 Å². The van der Waals surface area contributed by atoms with E-state index in [1.807, 2.05) is 0 Å². The largest absolute Gasteiger partial charge is 0.545 e. The summed E-state index contributed by atoms with van der Waals surface area (Å²) in [6.07, 6.45) is 1.68. The normalized spacial score (nSPS) is 10.9. The molecule has 0 aliphatic carbocycles. The van der Waals surface area contributed by atoms with Crippen LogP contribution in [0.3, 0.4) is 0 Å². The lowest BCUT2D eigenvalue weighted by Gasteiger charge is -2.03. The van der Waals surface area contributed by atoms with Crippen molar-refractivity contribution in [2.45, 2.75) is 0 Å². The average molecular weight is 283 g/mol. The summed E-state index contributed by atoms with van der Waals surface area (Å²) in [6.45, 7) is 0. The fraction of sp³-hybridized carbons (Fsp3) is 0. The Bertz CT molecular complexity index is 695. The molecule has 0 N–H and O–H groups in total. The van der Waals surface area contributed by atoms with Gasteiger partial charge in [-0.1, -0.05) is 48.0 Å². The van der Waals surface area contributed by atoms with Crippen LogP contribution in [0.25, 0.3) is 11.6 Å². The molecule has 4 heteroatoms. The van der Waals surface area contributed by atoms with Crippen molar-refractivity contribution in [3.8, 4) is 6.07 Å². The molecule has 0 atom stereocenters. The van der Waals surface area contributed by atoms with Crippen molar-refractivity contribution >= 4 is 29.2 Å². The summed E-state index contributed by atoms with van der Waals surface area (Å²) < 4.78 is 0. The van der Waals surface area contributed by atoms with Gasteiger partial charge in [0.05, 0.1) is 17.6 Å². The van der Waals surface area contributed by atoms with Crippen LogP contribution in [0.1, 0.15) is 21.5 Å². The lowest BCUT2D eigenvalue weighted by molar-refractivity contribution is -0.255. The van der Waals surface area contributed by atoms with Crippen molar-refractivity contribution in [2.75, 3.05) is 0 Å². The number of nitriles is 1. The van der Waals surface area contributed by atoms with Gasteiger partial charge in [0.1, 0.15) is 0 Å². The summed E-state index contributed by atoms with van der Waals surface area (Å²) in [4.78, 5) is 10.7. The SMILES string of the molecule is N#C/C(=C\c1ccc(C(=O)[O-])cc1)c1ccc(Cl)cc1. The number of carboxylic acid groups (broad SMARTS) is 1. The molecule has 98 valence electrons. The number of aromatic carboxylic acids is 1. The molecule has 0 heterocycles. The van der Waals surface area contributed by atoms with E-state index in [9.17, 15) is 15.2 Å². The van der Waals surface area contributed by atoms with Gasteiger partial charge < -0.3 is 9.90 Å². The van der Waals surface area contributed by atoms with Crippen LogP contribution in [0.5, 0.6) is 0 Å². The minimum atomic E-state index is -1.22. The van der Waals surface area contributed by atoms with Crippen LogP contribution >= 0.6 is 11.6 Å². The molecule has 0 fully saturated rings. The van der Waals surface area contributed by atoms with Gasteiger partial charge in [-0.15, -0.1) is 0 Å². The quantitative estimate of drug-likeness (QED) is 0.642. The molecule has 0 saturated heterocycles. The van der Waals surface area contributed by atoms with Crippen molar-refractivity contribution in [3.63, 3.8) is 0 Å². The fourth-order valence-corrected chi connectivity index (χ4v) is 1.82. The van der Waals surface area contributed by atoms with Gasteiger partial charge in [0.25, 0.3) is 0 Å². The lowest BCUT2D eigenvalue weighted by Crippen LogP contribution is -2.21. The summed E-state index contributed by atoms with van der Waals surface area (Å²) in [5.74, 6) is -1.22. The minimum Gasteiger partial charge on any atom is -0.545 e. The Kier molecular flexibility index (Phi) is 4.19. The highest BCUT2D eigenvalue weighted by atomic mass is 35.5. The second-order valence-corrected chi connectivity index (χ2v) is 4.52. The van der Waals surface area contributed by atoms with E-state index in [1.165, 1.54) is 12.1 Å². The van der Waals surface area contributed by atoms with Crippen LogP contribution in [0.2, 0.25) is 5.02 Å². The molecule has 2 aromatic carbocycles. The number of halogens is 1. The smallest absolute Gasteiger partial charge is 0.0998 e. The van der Waals surface area contributed by atoms with E-state index < -0.39 is 5.97 Å². The zero-order valence-electron chi connectivity index (χ0n) is 10.3. The Balaban J connectivity index is 2.34. The molecule has 3 nitrogen and oxygen atoms in total. The lowest BCUT2D eigenvalue weighted by atomic mass is 10.0. The zero-order valence-corrected chi connectivity index (χ0v) is 11.1. The number of carbonyl (C=O) groups is 1. The molecular formula is C16H9ClNO2-. The Morgan fingerprint density at radius 3 is 2.10 bits per heavy atom. The number of hydrogen-bond acceptors (Lipinski definition) is 3. The molecular weight excluding hydrogens is 274 g/mol. The first kappa shape index (κ1) is 13.9. The van der Waals surface area contributed by atoms with Gasteiger partial charge in [-0.25, -0.2) is 0 Å². The summed E-state index contributed by atoms with van der Waals surface area (Å²) >= 11 is 5.80. The third-order valence-electron chi connectivity index (χ3n) is 2.73. The van der Waals surface area contributed by atoms with Crippen molar-refractivity contribution in [1.29, 1.82) is 5.26 Å². The molecule has 20 heavy (non-hydrogen) atoms. The van der Waals surface area contributed by atoms with E-state index in [0.29, 0.717) is 10.6 Å². The van der Waals surface area contributed by atoms with Crippen molar-refractivity contribution in [3.05, 3.63) is 70.2 Å². The van der Waals surface area contributed by atoms with Crippen LogP contribution < -0.4 is 5.11 Å². The molecule has 0 spiro atoms. The highest BCUT2D eigenvalue weighted by Gasteiger charge is 2.01. The van der Waals surface area contributed by atoms with Crippen LogP contribution in [-0.2, 0) is 0 Å². The number of nitrogens with zero attached hydrogens (tertiary/aromatic N) is 1. The van der Waals surface area contributed by atoms with Crippen LogP contribution in [0, 0.1) is 11.3 Å². The summed E-state index contributed by atoms with van der Waals surface area (Å²) in [5, 5.41) is 20.5. The molecule has 0 unspecified atom stereocenters. The number of allylic oxidation sites excluding steroid dienone is 1. The molecule has 0 aliphatic heterocycles. The van der Waals surface area contributed by atoms with Crippen molar-refractivity contribution in [1.82, 2.24) is 0 Å². The molecule has 0 saturated carbocycles. The predicted octanol–water partition coefficient (Wildman–Crippen LogP) is 2.77. The topological polar surface area (TPSA) is 63.9 Å². The maximum atomic E-state index is 10.7. The van der Waals surface area contributed by atoms with Gasteiger partial charge in [-0.05, 0) is 34.9 Å². The van der Waals surface area contributed by atoms with E-state index in [4.69, 9.17) is 11.6 Å². The summed E-state index contributed by atoms with van der Waals surface area (Å²) in [7, 11) is 0. The maximum absolute atomic E-state index is 10.7. The zero-order chi connectivity index (χ0) is 14.5. The van der Waals surface area contributed by atoms with E-state index in [-0.39, 0.29) is 5.56 Å². The van der Waals surface area contributed by atoms with E-state index in [0.717, 1.165) is 11.1 Å². The van der Waals surface area contributed by atoms with E-state index >= 15 is 0 Å². The van der Waals surface area contributed by atoms with Crippen LogP contribution in [-0.4, -0.2) is 5.97 Å². The number of hydrogen-bond donors (Lipinski definition) is 0. The van der Waals surface area contributed by atoms with Crippen molar-refractivity contribution in [2.24, 2.45) is 0 Å².